The lowest BCUT2D eigenvalue weighted by Crippen LogP contribution is -2.17. The maximum Gasteiger partial charge on any atom is 0.161 e. The van der Waals surface area contributed by atoms with E-state index in [9.17, 15) is 0 Å². The van der Waals surface area contributed by atoms with Gasteiger partial charge in [0.1, 0.15) is 0 Å². The quantitative estimate of drug-likeness (QED) is 0.787. The molecule has 21 heavy (non-hydrogen) atoms. The number of ether oxygens (including phenoxy) is 2. The van der Waals surface area contributed by atoms with Crippen molar-refractivity contribution in [2.45, 2.75) is 20.0 Å². The molecule has 0 aliphatic heterocycles. The second-order valence-corrected chi connectivity index (χ2v) is 6.81. The maximum absolute atomic E-state index is 5.97. The summed E-state index contributed by atoms with van der Waals surface area (Å²) >= 11 is 7.60. The standard InChI is InChI=1S/C16H20ClNO2S/c1-11-7-14(19-3)15(20-4)8-12(11)9-18(2)10-13-5-6-16(17)21-13/h5-8H,9-10H2,1-4H3. The van der Waals surface area contributed by atoms with Crippen LogP contribution in [0.1, 0.15) is 16.0 Å². The molecule has 0 bridgehead atoms. The van der Waals surface area contributed by atoms with E-state index in [1.165, 1.54) is 16.0 Å². The zero-order chi connectivity index (χ0) is 15.4. The Balaban J connectivity index is 2.11. The molecular weight excluding hydrogens is 306 g/mol. The summed E-state index contributed by atoms with van der Waals surface area (Å²) in [5, 5.41) is 0. The fourth-order valence-electron chi connectivity index (χ4n) is 2.24. The van der Waals surface area contributed by atoms with E-state index in [2.05, 4.69) is 24.9 Å². The van der Waals surface area contributed by atoms with Gasteiger partial charge in [0, 0.05) is 18.0 Å². The van der Waals surface area contributed by atoms with E-state index in [4.69, 9.17) is 21.1 Å². The number of hydrogen-bond acceptors (Lipinski definition) is 4. The van der Waals surface area contributed by atoms with Crippen molar-refractivity contribution in [2.75, 3.05) is 21.3 Å². The zero-order valence-electron chi connectivity index (χ0n) is 12.8. The molecule has 0 fully saturated rings. The van der Waals surface area contributed by atoms with Gasteiger partial charge in [0.05, 0.1) is 18.6 Å². The molecule has 0 radical (unpaired) electrons. The van der Waals surface area contributed by atoms with E-state index in [-0.39, 0.29) is 0 Å². The molecule has 0 aliphatic carbocycles. The van der Waals surface area contributed by atoms with Crippen molar-refractivity contribution >= 4 is 22.9 Å². The number of hydrogen-bond donors (Lipinski definition) is 0. The van der Waals surface area contributed by atoms with Gasteiger partial charge in [-0.1, -0.05) is 11.6 Å². The number of rotatable bonds is 6. The van der Waals surface area contributed by atoms with Gasteiger partial charge in [-0.3, -0.25) is 4.90 Å². The molecule has 3 nitrogen and oxygen atoms in total. The van der Waals surface area contributed by atoms with Crippen LogP contribution in [0.15, 0.2) is 24.3 Å². The molecule has 114 valence electrons. The fourth-order valence-corrected chi connectivity index (χ4v) is 3.41. The Morgan fingerprint density at radius 2 is 1.76 bits per heavy atom. The molecule has 1 aromatic heterocycles. The minimum atomic E-state index is 0.769. The first kappa shape index (κ1) is 16.1. The van der Waals surface area contributed by atoms with Crippen LogP contribution in [-0.2, 0) is 13.1 Å². The Morgan fingerprint density at radius 1 is 1.10 bits per heavy atom. The van der Waals surface area contributed by atoms with Crippen LogP contribution in [0.2, 0.25) is 4.34 Å². The van der Waals surface area contributed by atoms with Crippen molar-refractivity contribution in [1.82, 2.24) is 4.90 Å². The zero-order valence-corrected chi connectivity index (χ0v) is 14.3. The number of benzene rings is 1. The van der Waals surface area contributed by atoms with Gasteiger partial charge in [-0.05, 0) is 49.4 Å². The van der Waals surface area contributed by atoms with Gasteiger partial charge in [0.25, 0.3) is 0 Å². The third kappa shape index (κ3) is 4.13. The topological polar surface area (TPSA) is 21.7 Å². The molecule has 2 aromatic rings. The molecular formula is C16H20ClNO2S. The Bertz CT molecular complexity index is 612. The van der Waals surface area contributed by atoms with E-state index in [0.717, 1.165) is 28.9 Å². The lowest BCUT2D eigenvalue weighted by atomic mass is 10.1. The molecule has 2 rings (SSSR count). The van der Waals surface area contributed by atoms with Gasteiger partial charge < -0.3 is 9.47 Å². The van der Waals surface area contributed by atoms with Crippen molar-refractivity contribution < 1.29 is 9.47 Å². The SMILES string of the molecule is COc1cc(C)c(CN(C)Cc2ccc(Cl)s2)cc1OC. The van der Waals surface area contributed by atoms with Crippen molar-refractivity contribution in [2.24, 2.45) is 0 Å². The Kier molecular flexibility index (Phi) is 5.51. The van der Waals surface area contributed by atoms with E-state index >= 15 is 0 Å². The highest BCUT2D eigenvalue weighted by atomic mass is 35.5. The highest BCUT2D eigenvalue weighted by Crippen LogP contribution is 2.31. The molecule has 5 heteroatoms. The summed E-state index contributed by atoms with van der Waals surface area (Å²) in [4.78, 5) is 3.52. The lowest BCUT2D eigenvalue weighted by molar-refractivity contribution is 0.318. The summed E-state index contributed by atoms with van der Waals surface area (Å²) in [5.74, 6) is 1.54. The molecule has 0 aliphatic rings. The lowest BCUT2D eigenvalue weighted by Gasteiger charge is -2.19. The summed E-state index contributed by atoms with van der Waals surface area (Å²) in [6.45, 7) is 3.82. The van der Waals surface area contributed by atoms with Crippen LogP contribution in [0.5, 0.6) is 11.5 Å². The second kappa shape index (κ2) is 7.16. The minimum Gasteiger partial charge on any atom is -0.493 e. The third-order valence-corrected chi connectivity index (χ3v) is 4.55. The predicted octanol–water partition coefficient (Wildman–Crippen LogP) is 4.36. The Hall–Kier alpha value is -1.23. The first-order valence-electron chi connectivity index (χ1n) is 6.67. The molecule has 0 amide bonds. The number of aryl methyl sites for hydroxylation is 1. The van der Waals surface area contributed by atoms with Crippen LogP contribution in [0.4, 0.5) is 0 Å². The van der Waals surface area contributed by atoms with Gasteiger partial charge in [-0.2, -0.15) is 0 Å². The Morgan fingerprint density at radius 3 is 2.33 bits per heavy atom. The molecule has 0 saturated heterocycles. The van der Waals surface area contributed by atoms with Crippen molar-refractivity contribution in [3.63, 3.8) is 0 Å². The third-order valence-electron chi connectivity index (χ3n) is 3.34. The summed E-state index contributed by atoms with van der Waals surface area (Å²) < 4.78 is 11.5. The second-order valence-electron chi connectivity index (χ2n) is 5.01. The number of halogens is 1. The van der Waals surface area contributed by atoms with Crippen LogP contribution >= 0.6 is 22.9 Å². The summed E-state index contributed by atoms with van der Waals surface area (Å²) in [7, 11) is 5.42. The Labute approximate surface area is 135 Å². The van der Waals surface area contributed by atoms with Crippen LogP contribution in [0.3, 0.4) is 0 Å². The monoisotopic (exact) mass is 325 g/mol. The average molecular weight is 326 g/mol. The normalized spacial score (nSPS) is 11.0. The van der Waals surface area contributed by atoms with Crippen molar-refractivity contribution in [1.29, 1.82) is 0 Å². The largest absolute Gasteiger partial charge is 0.493 e. The smallest absolute Gasteiger partial charge is 0.161 e. The van der Waals surface area contributed by atoms with Gasteiger partial charge in [0.15, 0.2) is 11.5 Å². The van der Waals surface area contributed by atoms with Gasteiger partial charge in [-0.15, -0.1) is 11.3 Å². The molecule has 0 unspecified atom stereocenters. The van der Waals surface area contributed by atoms with E-state index in [1.807, 2.05) is 18.2 Å². The fraction of sp³-hybridized carbons (Fsp3) is 0.375. The number of thiophene rings is 1. The van der Waals surface area contributed by atoms with E-state index < -0.39 is 0 Å². The summed E-state index contributed by atoms with van der Waals surface area (Å²) in [5.41, 5.74) is 2.43. The highest BCUT2D eigenvalue weighted by Gasteiger charge is 2.11. The van der Waals surface area contributed by atoms with Gasteiger partial charge in [-0.25, -0.2) is 0 Å². The molecule has 0 N–H and O–H groups in total. The highest BCUT2D eigenvalue weighted by molar-refractivity contribution is 7.16. The van der Waals surface area contributed by atoms with Crippen LogP contribution in [-0.4, -0.2) is 26.2 Å². The molecule has 0 saturated carbocycles. The number of nitrogens with zero attached hydrogens (tertiary/aromatic N) is 1. The van der Waals surface area contributed by atoms with Crippen LogP contribution in [0.25, 0.3) is 0 Å². The molecule has 1 heterocycles. The van der Waals surface area contributed by atoms with Crippen LogP contribution < -0.4 is 9.47 Å². The summed E-state index contributed by atoms with van der Waals surface area (Å²) in [6, 6.07) is 8.08. The van der Waals surface area contributed by atoms with E-state index in [0.29, 0.717) is 0 Å². The van der Waals surface area contributed by atoms with Crippen molar-refractivity contribution in [3.8, 4) is 11.5 Å². The predicted molar refractivity (Wildman–Crippen MR) is 88.8 cm³/mol. The molecule has 0 atom stereocenters. The first-order chi connectivity index (χ1) is 10.0. The van der Waals surface area contributed by atoms with E-state index in [1.54, 1.807) is 25.6 Å². The average Bonchev–Trinajstić information content (AvgIpc) is 2.85. The number of methoxy groups -OCH3 is 2. The molecule has 1 aromatic carbocycles. The maximum atomic E-state index is 5.97. The van der Waals surface area contributed by atoms with Crippen molar-refractivity contribution in [3.05, 3.63) is 44.6 Å². The van der Waals surface area contributed by atoms with Crippen LogP contribution in [0, 0.1) is 6.92 Å². The minimum absolute atomic E-state index is 0.769. The first-order valence-corrected chi connectivity index (χ1v) is 7.87. The van der Waals surface area contributed by atoms with Gasteiger partial charge in [0.2, 0.25) is 0 Å². The summed E-state index contributed by atoms with van der Waals surface area (Å²) in [6.07, 6.45) is 0. The molecule has 0 spiro atoms. The van der Waals surface area contributed by atoms with Gasteiger partial charge >= 0.3 is 0 Å².